The van der Waals surface area contributed by atoms with Crippen LogP contribution in [0, 0.1) is 6.42 Å². The minimum Gasteiger partial charge on any atom is -0.365 e. The van der Waals surface area contributed by atoms with Crippen molar-refractivity contribution < 1.29 is 4.79 Å². The molecule has 5 nitrogen and oxygen atoms in total. The molecule has 1 atom stereocenters. The predicted octanol–water partition coefficient (Wildman–Crippen LogP) is 1.42. The van der Waals surface area contributed by atoms with E-state index in [2.05, 4.69) is 21.7 Å². The fourth-order valence-corrected chi connectivity index (χ4v) is 3.18. The summed E-state index contributed by atoms with van der Waals surface area (Å²) in [6.45, 7) is 0.963. The lowest BCUT2D eigenvalue weighted by molar-refractivity contribution is 0.100. The highest BCUT2D eigenvalue weighted by atomic mass is 32.1. The van der Waals surface area contributed by atoms with E-state index in [1.807, 2.05) is 0 Å². The van der Waals surface area contributed by atoms with Crippen molar-refractivity contribution in [3.8, 4) is 0 Å². The van der Waals surface area contributed by atoms with E-state index >= 15 is 0 Å². The van der Waals surface area contributed by atoms with E-state index in [9.17, 15) is 4.79 Å². The number of nitrogens with one attached hydrogen (secondary N) is 1. The van der Waals surface area contributed by atoms with Crippen molar-refractivity contribution in [3.63, 3.8) is 0 Å². The topological polar surface area (TPSA) is 80.9 Å². The normalized spacial score (nSPS) is 20.1. The SMILES string of the molecule is NC(=O)c1cc2ncnc(C3C[CH]CCN3)c2s1. The van der Waals surface area contributed by atoms with E-state index in [0.717, 1.165) is 35.3 Å². The van der Waals surface area contributed by atoms with Crippen molar-refractivity contribution >= 4 is 27.5 Å². The summed E-state index contributed by atoms with van der Waals surface area (Å²) >= 11 is 1.37. The number of thiophene rings is 1. The molecule has 1 amide bonds. The predicted molar refractivity (Wildman–Crippen MR) is 70.2 cm³/mol. The Labute approximate surface area is 108 Å². The van der Waals surface area contributed by atoms with Crippen LogP contribution in [0.2, 0.25) is 0 Å². The van der Waals surface area contributed by atoms with Crippen molar-refractivity contribution in [2.45, 2.75) is 18.9 Å². The van der Waals surface area contributed by atoms with Crippen molar-refractivity contribution in [1.29, 1.82) is 0 Å². The molecule has 2 aromatic heterocycles. The zero-order valence-electron chi connectivity index (χ0n) is 9.72. The van der Waals surface area contributed by atoms with Crippen LogP contribution in [0.25, 0.3) is 10.2 Å². The van der Waals surface area contributed by atoms with Crippen molar-refractivity contribution in [3.05, 3.63) is 29.4 Å². The molecule has 3 N–H and O–H groups in total. The smallest absolute Gasteiger partial charge is 0.258 e. The van der Waals surface area contributed by atoms with Gasteiger partial charge in [0.1, 0.15) is 6.33 Å². The molecule has 6 heteroatoms. The number of aromatic nitrogens is 2. The summed E-state index contributed by atoms with van der Waals surface area (Å²) in [5, 5.41) is 3.43. The molecule has 0 bridgehead atoms. The van der Waals surface area contributed by atoms with Gasteiger partial charge in [-0.25, -0.2) is 9.97 Å². The number of carbonyl (C=O) groups is 1. The van der Waals surface area contributed by atoms with E-state index in [4.69, 9.17) is 5.73 Å². The van der Waals surface area contributed by atoms with Crippen LogP contribution in [0.3, 0.4) is 0 Å². The maximum Gasteiger partial charge on any atom is 0.258 e. The summed E-state index contributed by atoms with van der Waals surface area (Å²) in [6.07, 6.45) is 5.85. The van der Waals surface area contributed by atoms with Gasteiger partial charge < -0.3 is 11.1 Å². The molecule has 0 aromatic carbocycles. The first-order valence-corrected chi connectivity index (χ1v) is 6.66. The van der Waals surface area contributed by atoms with Gasteiger partial charge in [0.15, 0.2) is 0 Å². The van der Waals surface area contributed by atoms with Crippen LogP contribution in [0.1, 0.15) is 34.2 Å². The fraction of sp³-hybridized carbons (Fsp3) is 0.333. The summed E-state index contributed by atoms with van der Waals surface area (Å²) in [4.78, 5) is 20.3. The first kappa shape index (κ1) is 11.6. The number of piperidine rings is 1. The van der Waals surface area contributed by atoms with Gasteiger partial charge in [0.05, 0.1) is 26.8 Å². The molecule has 1 aliphatic heterocycles. The van der Waals surface area contributed by atoms with Crippen molar-refractivity contribution in [2.24, 2.45) is 5.73 Å². The lowest BCUT2D eigenvalue weighted by atomic mass is 10.0. The number of nitrogens with two attached hydrogens (primary N) is 1. The maximum absolute atomic E-state index is 11.2. The van der Waals surface area contributed by atoms with Gasteiger partial charge in [0.2, 0.25) is 0 Å². The van der Waals surface area contributed by atoms with Gasteiger partial charge in [-0.2, -0.15) is 0 Å². The average Bonchev–Trinajstić information content (AvgIpc) is 2.83. The monoisotopic (exact) mass is 261 g/mol. The highest BCUT2D eigenvalue weighted by Crippen LogP contribution is 2.31. The van der Waals surface area contributed by atoms with Gasteiger partial charge in [-0.1, -0.05) is 0 Å². The Morgan fingerprint density at radius 2 is 2.39 bits per heavy atom. The van der Waals surface area contributed by atoms with E-state index in [1.54, 1.807) is 12.4 Å². The van der Waals surface area contributed by atoms with E-state index in [-0.39, 0.29) is 6.04 Å². The third-order valence-electron chi connectivity index (χ3n) is 3.05. The highest BCUT2D eigenvalue weighted by molar-refractivity contribution is 7.20. The number of amides is 1. The molecule has 1 unspecified atom stereocenters. The number of hydrogen-bond acceptors (Lipinski definition) is 5. The number of fused-ring (bicyclic) bond motifs is 1. The van der Waals surface area contributed by atoms with E-state index in [1.165, 1.54) is 11.3 Å². The molecule has 2 aromatic rings. The summed E-state index contributed by atoms with van der Waals surface area (Å²) in [6, 6.07) is 1.95. The lowest BCUT2D eigenvalue weighted by Crippen LogP contribution is -2.27. The third kappa shape index (κ3) is 1.97. The minimum absolute atomic E-state index is 0.212. The molecule has 18 heavy (non-hydrogen) atoms. The summed E-state index contributed by atoms with van der Waals surface area (Å²) in [5.41, 5.74) is 7.07. The van der Waals surface area contributed by atoms with Crippen LogP contribution in [-0.4, -0.2) is 22.4 Å². The van der Waals surface area contributed by atoms with Crippen molar-refractivity contribution in [1.82, 2.24) is 15.3 Å². The molecule has 3 heterocycles. The van der Waals surface area contributed by atoms with E-state index in [0.29, 0.717) is 4.88 Å². The first-order chi connectivity index (χ1) is 8.75. The Kier molecular flexibility index (Phi) is 2.97. The average molecular weight is 261 g/mol. The van der Waals surface area contributed by atoms with Crippen LogP contribution >= 0.6 is 11.3 Å². The summed E-state index contributed by atoms with van der Waals surface area (Å²) in [7, 11) is 0. The molecule has 0 saturated carbocycles. The van der Waals surface area contributed by atoms with Gasteiger partial charge in [0, 0.05) is 0 Å². The Morgan fingerprint density at radius 1 is 1.50 bits per heavy atom. The van der Waals surface area contributed by atoms with Crippen molar-refractivity contribution in [2.75, 3.05) is 6.54 Å². The Balaban J connectivity index is 2.07. The van der Waals surface area contributed by atoms with Crippen LogP contribution in [-0.2, 0) is 0 Å². The van der Waals surface area contributed by atoms with Gasteiger partial charge in [-0.3, -0.25) is 4.79 Å². The quantitative estimate of drug-likeness (QED) is 0.856. The number of primary amides is 1. The molecule has 1 fully saturated rings. The van der Waals surface area contributed by atoms with Crippen LogP contribution in [0.15, 0.2) is 12.4 Å². The largest absolute Gasteiger partial charge is 0.365 e. The minimum atomic E-state index is -0.410. The Morgan fingerprint density at radius 3 is 3.11 bits per heavy atom. The molecule has 3 rings (SSSR count). The number of nitrogens with zero attached hydrogens (tertiary/aromatic N) is 2. The highest BCUT2D eigenvalue weighted by Gasteiger charge is 2.21. The number of rotatable bonds is 2. The summed E-state index contributed by atoms with van der Waals surface area (Å²) in [5.74, 6) is -0.410. The lowest BCUT2D eigenvalue weighted by Gasteiger charge is -2.22. The fourth-order valence-electron chi connectivity index (χ4n) is 2.18. The Hall–Kier alpha value is -1.53. The zero-order valence-corrected chi connectivity index (χ0v) is 10.5. The molecule has 0 aliphatic carbocycles. The van der Waals surface area contributed by atoms with Gasteiger partial charge in [-0.05, 0) is 31.9 Å². The zero-order chi connectivity index (χ0) is 12.5. The van der Waals surface area contributed by atoms with Gasteiger partial charge in [0.25, 0.3) is 5.91 Å². The Bertz CT molecular complexity index is 589. The maximum atomic E-state index is 11.2. The molecule has 93 valence electrons. The second kappa shape index (κ2) is 4.62. The van der Waals surface area contributed by atoms with Crippen LogP contribution in [0.5, 0.6) is 0 Å². The van der Waals surface area contributed by atoms with Crippen LogP contribution in [0.4, 0.5) is 0 Å². The third-order valence-corrected chi connectivity index (χ3v) is 4.21. The molecule has 1 saturated heterocycles. The van der Waals surface area contributed by atoms with Crippen LogP contribution < -0.4 is 11.1 Å². The first-order valence-electron chi connectivity index (χ1n) is 5.85. The van der Waals surface area contributed by atoms with Gasteiger partial charge in [-0.15, -0.1) is 11.3 Å². The number of carbonyl (C=O) groups excluding carboxylic acids is 1. The standard InChI is InChI=1S/C12H13N4OS/c13-12(17)9-5-8-11(18-9)10(16-6-15-8)7-3-1-2-4-14-7/h1,5-7,14H,2-4H2,(H2,13,17). The molecular formula is C12H13N4OS. The second-order valence-electron chi connectivity index (χ2n) is 4.27. The molecule has 1 aliphatic rings. The number of hydrogen-bond donors (Lipinski definition) is 2. The molecule has 0 spiro atoms. The molecular weight excluding hydrogens is 248 g/mol. The van der Waals surface area contributed by atoms with E-state index < -0.39 is 5.91 Å². The second-order valence-corrected chi connectivity index (χ2v) is 5.32. The summed E-state index contributed by atoms with van der Waals surface area (Å²) < 4.78 is 0.958. The molecule has 1 radical (unpaired) electrons. The van der Waals surface area contributed by atoms with Gasteiger partial charge >= 0.3 is 0 Å².